The van der Waals surface area contributed by atoms with Crippen molar-refractivity contribution in [1.29, 1.82) is 0 Å². The van der Waals surface area contributed by atoms with Crippen molar-refractivity contribution in [2.24, 2.45) is 17.2 Å². The number of urea groups is 1. The number of benzene rings is 3. The quantitative estimate of drug-likeness (QED) is 0.0310. The third kappa shape index (κ3) is 19.6. The summed E-state index contributed by atoms with van der Waals surface area (Å²) in [7, 11) is 5.00. The van der Waals surface area contributed by atoms with E-state index in [2.05, 4.69) is 37.2 Å². The summed E-state index contributed by atoms with van der Waals surface area (Å²) >= 11 is 10.8. The summed E-state index contributed by atoms with van der Waals surface area (Å²) in [5, 5.41) is 8.28. The number of aromatic nitrogens is 2. The van der Waals surface area contributed by atoms with Crippen molar-refractivity contribution in [1.82, 2.24) is 45.3 Å². The van der Waals surface area contributed by atoms with Crippen molar-refractivity contribution in [3.05, 3.63) is 111 Å². The normalized spacial score (nSPS) is 10.8. The molecule has 3 aromatic carbocycles. The minimum atomic E-state index is -1.15. The number of hydrogen-bond donors (Lipinski definition) is 6. The number of nitrogens with zero attached hydrogens (tertiary/aromatic N) is 8. The molecule has 5 rings (SSSR count). The molecule has 0 unspecified atom stereocenters. The summed E-state index contributed by atoms with van der Waals surface area (Å²) in [6, 6.07) is 22.2. The maximum Gasteiger partial charge on any atom is 0.437 e. The predicted octanol–water partition coefficient (Wildman–Crippen LogP) is 2.55. The molecule has 0 aliphatic rings. The van der Waals surface area contributed by atoms with Gasteiger partial charge in [0.05, 0.1) is 31.1 Å². The number of thiophene rings is 1. The number of hydrazine groups is 2. The van der Waals surface area contributed by atoms with Gasteiger partial charge in [-0.2, -0.15) is 4.68 Å². The number of carbonyl (C=O) groups is 8. The van der Waals surface area contributed by atoms with Crippen LogP contribution in [0.5, 0.6) is 0 Å². The van der Waals surface area contributed by atoms with Crippen LogP contribution in [0.15, 0.2) is 98.6 Å². The first-order valence-corrected chi connectivity index (χ1v) is 26.7. The van der Waals surface area contributed by atoms with Crippen LogP contribution in [0.2, 0.25) is 5.02 Å². The molecule has 424 valence electrons. The molecule has 0 radical (unpaired) electrons. The largest absolute Gasteiger partial charge is 0.437 e. The number of hydrogen-bond acceptors (Lipinski definition) is 16. The topological polar surface area (TPSA) is 327 Å². The molecular weight excluding hydrogens is 1130 g/mol. The van der Waals surface area contributed by atoms with Crippen LogP contribution in [0.4, 0.5) is 16.2 Å². The maximum atomic E-state index is 14.6. The van der Waals surface area contributed by atoms with Gasteiger partial charge in [-0.25, -0.2) is 25.0 Å². The Morgan fingerprint density at radius 3 is 1.82 bits per heavy atom. The van der Waals surface area contributed by atoms with E-state index in [1.165, 1.54) is 52.5 Å². The molecule has 0 saturated carbocycles. The highest BCUT2D eigenvalue weighted by Crippen LogP contribution is 2.34. The summed E-state index contributed by atoms with van der Waals surface area (Å²) in [5.74, 6) is -7.23. The van der Waals surface area contributed by atoms with E-state index < -0.39 is 92.4 Å². The molecular formula is C51H64BrClN14O11S. The molecule has 0 saturated heterocycles. The van der Waals surface area contributed by atoms with Crippen molar-refractivity contribution >= 4 is 97.6 Å². The second-order valence-corrected chi connectivity index (χ2v) is 20.2. The molecule has 0 bridgehead atoms. The fourth-order valence-electron chi connectivity index (χ4n) is 7.38. The fourth-order valence-corrected chi connectivity index (χ4v) is 8.70. The van der Waals surface area contributed by atoms with Gasteiger partial charge in [0.25, 0.3) is 23.6 Å². The average molecular weight is 1200 g/mol. The first-order chi connectivity index (χ1) is 37.8. The van der Waals surface area contributed by atoms with E-state index >= 15 is 0 Å². The van der Waals surface area contributed by atoms with Crippen molar-refractivity contribution in [3.8, 4) is 21.2 Å². The molecule has 9 amide bonds. The molecule has 2 aromatic heterocycles. The Hall–Kier alpha value is -7.69. The number of nitrogens with one attached hydrogen (secondary N) is 3. The van der Waals surface area contributed by atoms with Gasteiger partial charge < -0.3 is 51.3 Å². The molecule has 0 atom stereocenters. The minimum Gasteiger partial charge on any atom is -0.387 e. The number of amides is 9. The van der Waals surface area contributed by atoms with Gasteiger partial charge in [-0.05, 0) is 117 Å². The number of rotatable bonds is 28. The van der Waals surface area contributed by atoms with Crippen LogP contribution in [0.1, 0.15) is 36.0 Å². The third-order valence-corrected chi connectivity index (χ3v) is 13.5. The number of anilines is 2. The lowest BCUT2D eigenvalue weighted by Gasteiger charge is -2.31. The van der Waals surface area contributed by atoms with E-state index in [0.717, 1.165) is 25.5 Å². The molecule has 5 aromatic rings. The SMILES string of the molecule is COCCN(CC(=O)N(CCCCN)CC(=O)N(CCCCN)CC(N)=O)C(=O)CN(NC(=O)Nc1ccc(N(C)C)cc1)C(=O)CN(NC(=O)c1ccc(Cl)cc1)C(=O)Cn1nc(-c2ccc(-c3ccc(Br)cc3)s2)oc1=O. The van der Waals surface area contributed by atoms with Gasteiger partial charge in [0.2, 0.25) is 23.6 Å². The lowest BCUT2D eigenvalue weighted by atomic mass is 10.2. The highest BCUT2D eigenvalue weighted by Gasteiger charge is 2.31. The van der Waals surface area contributed by atoms with Crippen molar-refractivity contribution in [2.75, 3.05) is 103 Å². The van der Waals surface area contributed by atoms with Gasteiger partial charge >= 0.3 is 11.8 Å². The Kier molecular flexibility index (Phi) is 24.4. The van der Waals surface area contributed by atoms with Crippen LogP contribution in [-0.4, -0.2) is 175 Å². The molecule has 9 N–H and O–H groups in total. The monoisotopic (exact) mass is 1190 g/mol. The van der Waals surface area contributed by atoms with Crippen LogP contribution < -0.4 is 44.0 Å². The highest BCUT2D eigenvalue weighted by atomic mass is 79.9. The summed E-state index contributed by atoms with van der Waals surface area (Å²) in [4.78, 5) is 130. The molecule has 28 heteroatoms. The van der Waals surface area contributed by atoms with Gasteiger partial charge in [0.1, 0.15) is 19.6 Å². The zero-order chi connectivity index (χ0) is 57.6. The van der Waals surface area contributed by atoms with Crippen molar-refractivity contribution in [2.45, 2.75) is 32.2 Å². The number of primary amides is 1. The highest BCUT2D eigenvalue weighted by molar-refractivity contribution is 9.10. The molecule has 0 spiro atoms. The summed E-state index contributed by atoms with van der Waals surface area (Å²) in [6.07, 6.45) is 1.88. The Morgan fingerprint density at radius 1 is 0.684 bits per heavy atom. The number of nitrogens with two attached hydrogens (primary N) is 3. The molecule has 79 heavy (non-hydrogen) atoms. The van der Waals surface area contributed by atoms with E-state index in [1.54, 1.807) is 30.3 Å². The van der Waals surface area contributed by atoms with Gasteiger partial charge in [-0.1, -0.05) is 39.7 Å². The van der Waals surface area contributed by atoms with E-state index in [-0.39, 0.29) is 49.9 Å². The molecule has 0 fully saturated rings. The maximum absolute atomic E-state index is 14.6. The second-order valence-electron chi connectivity index (χ2n) is 17.8. The summed E-state index contributed by atoms with van der Waals surface area (Å²) in [5.41, 5.74) is 23.5. The average Bonchev–Trinajstić information content (AvgIpc) is 4.06. The van der Waals surface area contributed by atoms with Crippen LogP contribution in [0.25, 0.3) is 21.2 Å². The second kappa shape index (κ2) is 31.0. The standard InChI is InChI=1S/C51H64BrClN14O11S/c1-61(2)39-18-16-38(17-19-39)57-50(75)60-66(31-45(71)64(26-27-77-3)30-44(70)63(25-7-5-23-55)29-43(69)62(28-42(56)68)24-6-4-22-54)46(72)32-65(58-48(74)35-10-14-37(53)15-11-35)47(73)33-67-51(76)78-49(59-67)41-21-20-40(79-41)34-8-12-36(52)13-9-34/h8-21H,4-7,22-33,54-55H2,1-3H3,(H2,56,68)(H,58,74)(H2,57,60,75). The molecule has 2 heterocycles. The number of unbranched alkanes of at least 4 members (excludes halogenated alkanes) is 2. The zero-order valence-electron chi connectivity index (χ0n) is 43.9. The van der Waals surface area contributed by atoms with Crippen LogP contribution in [0.3, 0.4) is 0 Å². The molecule has 0 aliphatic carbocycles. The number of methoxy groups -OCH3 is 1. The van der Waals surface area contributed by atoms with E-state index in [9.17, 15) is 43.2 Å². The summed E-state index contributed by atoms with van der Waals surface area (Å²) in [6.45, 7) is -3.96. The Balaban J connectivity index is 1.45. The van der Waals surface area contributed by atoms with Crippen LogP contribution in [-0.2, 0) is 40.0 Å². The molecule has 0 aliphatic heterocycles. The smallest absolute Gasteiger partial charge is 0.387 e. The lowest BCUT2D eigenvalue weighted by molar-refractivity contribution is -0.149. The zero-order valence-corrected chi connectivity index (χ0v) is 47.0. The summed E-state index contributed by atoms with van der Waals surface area (Å²) < 4.78 is 12.3. The third-order valence-electron chi connectivity index (χ3n) is 11.6. The van der Waals surface area contributed by atoms with E-state index in [4.69, 9.17) is 38.0 Å². The van der Waals surface area contributed by atoms with Gasteiger partial charge in [-0.15, -0.1) is 16.4 Å². The van der Waals surface area contributed by atoms with E-state index in [0.29, 0.717) is 56.8 Å². The van der Waals surface area contributed by atoms with Gasteiger partial charge in [-0.3, -0.25) is 39.0 Å². The molecule has 25 nitrogen and oxygen atoms in total. The Labute approximate surface area is 472 Å². The van der Waals surface area contributed by atoms with Crippen molar-refractivity contribution in [3.63, 3.8) is 0 Å². The lowest BCUT2D eigenvalue weighted by Crippen LogP contribution is -2.58. The first-order valence-electron chi connectivity index (χ1n) is 24.8. The first kappa shape index (κ1) is 62.2. The number of halogens is 2. The Morgan fingerprint density at radius 2 is 1.24 bits per heavy atom. The number of carbonyl (C=O) groups excluding carboxylic acids is 8. The predicted molar refractivity (Wildman–Crippen MR) is 300 cm³/mol. The number of ether oxygens (including phenoxy) is 1. The van der Waals surface area contributed by atoms with E-state index in [1.807, 2.05) is 49.3 Å². The van der Waals surface area contributed by atoms with Crippen LogP contribution in [0, 0.1) is 0 Å². The minimum absolute atomic E-state index is 0.00373. The van der Waals surface area contributed by atoms with Crippen LogP contribution >= 0.6 is 38.9 Å². The van der Waals surface area contributed by atoms with Crippen molar-refractivity contribution < 1.29 is 47.5 Å². The Bertz CT molecular complexity index is 2940. The fraction of sp³-hybridized carbons (Fsp3) is 0.373. The van der Waals surface area contributed by atoms with Gasteiger partial charge in [0, 0.05) is 72.2 Å². The van der Waals surface area contributed by atoms with Gasteiger partial charge in [0.15, 0.2) is 0 Å².